The summed E-state index contributed by atoms with van der Waals surface area (Å²) in [7, 11) is 0. The zero-order valence-electron chi connectivity index (χ0n) is 25.6. The van der Waals surface area contributed by atoms with Crippen molar-refractivity contribution < 1.29 is 4.42 Å². The summed E-state index contributed by atoms with van der Waals surface area (Å²) in [5, 5.41) is 6.93. The molecule has 10 rings (SSSR count). The standard InChI is InChI=1S/C43H25N3OS/c1-2-11-27(12-3-1)34-24-31(25-37-40(34)33-15-6-8-16-36(33)47-37)43-45-41(29-19-18-26-10-4-5-13-28(26)22-29)44-42(46-43)30-20-21-39-35(23-30)32-14-7-9-17-38(32)48-39/h1-25H. The second-order valence-corrected chi connectivity index (χ2v) is 13.1. The Hall–Kier alpha value is -6.17. The SMILES string of the molecule is c1ccc(-c2cc(-c3nc(-c4ccc5ccccc5c4)nc(-c4ccc5sc6ccccc6c5c4)n3)cc3oc4ccccc4c23)cc1. The number of furan rings is 1. The molecule has 0 saturated carbocycles. The first-order valence-electron chi connectivity index (χ1n) is 15.9. The molecule has 0 atom stereocenters. The molecule has 0 aliphatic heterocycles. The maximum absolute atomic E-state index is 6.46. The van der Waals surface area contributed by atoms with Crippen molar-refractivity contribution in [1.82, 2.24) is 15.0 Å². The maximum atomic E-state index is 6.46. The number of thiophene rings is 1. The van der Waals surface area contributed by atoms with Crippen molar-refractivity contribution in [3.63, 3.8) is 0 Å². The lowest BCUT2D eigenvalue weighted by Crippen LogP contribution is -2.00. The van der Waals surface area contributed by atoms with E-state index >= 15 is 0 Å². The molecule has 4 nitrogen and oxygen atoms in total. The first kappa shape index (κ1) is 27.0. The number of rotatable bonds is 4. The third kappa shape index (κ3) is 4.40. The summed E-state index contributed by atoms with van der Waals surface area (Å²) in [4.78, 5) is 15.4. The highest BCUT2D eigenvalue weighted by Gasteiger charge is 2.19. The molecule has 0 saturated heterocycles. The van der Waals surface area contributed by atoms with E-state index in [1.54, 1.807) is 11.3 Å². The minimum absolute atomic E-state index is 0.595. The highest BCUT2D eigenvalue weighted by Crippen LogP contribution is 2.41. The highest BCUT2D eigenvalue weighted by molar-refractivity contribution is 7.25. The van der Waals surface area contributed by atoms with Crippen LogP contribution in [0.2, 0.25) is 0 Å². The van der Waals surface area contributed by atoms with Gasteiger partial charge in [-0.15, -0.1) is 11.3 Å². The van der Waals surface area contributed by atoms with Crippen molar-refractivity contribution in [2.75, 3.05) is 0 Å². The van der Waals surface area contributed by atoms with Gasteiger partial charge in [-0.3, -0.25) is 0 Å². The normalized spacial score (nSPS) is 11.8. The number of benzene rings is 7. The second-order valence-electron chi connectivity index (χ2n) is 12.0. The van der Waals surface area contributed by atoms with Crippen LogP contribution in [0.1, 0.15) is 0 Å². The minimum Gasteiger partial charge on any atom is -0.456 e. The topological polar surface area (TPSA) is 51.8 Å². The third-order valence-electron chi connectivity index (χ3n) is 9.10. The first-order chi connectivity index (χ1) is 23.7. The van der Waals surface area contributed by atoms with Gasteiger partial charge in [0.05, 0.1) is 0 Å². The lowest BCUT2D eigenvalue weighted by atomic mass is 9.97. The largest absolute Gasteiger partial charge is 0.456 e. The van der Waals surface area contributed by atoms with Crippen LogP contribution in [-0.4, -0.2) is 15.0 Å². The van der Waals surface area contributed by atoms with Crippen molar-refractivity contribution in [2.45, 2.75) is 0 Å². The Bertz CT molecular complexity index is 2850. The minimum atomic E-state index is 0.595. The van der Waals surface area contributed by atoms with Gasteiger partial charge in [0.25, 0.3) is 0 Å². The summed E-state index contributed by atoms with van der Waals surface area (Å²) in [6.45, 7) is 0. The molecule has 7 aromatic carbocycles. The van der Waals surface area contributed by atoms with Crippen molar-refractivity contribution >= 4 is 64.2 Å². The molecule has 5 heteroatoms. The number of aromatic nitrogens is 3. The lowest BCUT2D eigenvalue weighted by molar-refractivity contribution is 0.669. The summed E-state index contributed by atoms with van der Waals surface area (Å²) in [6.07, 6.45) is 0. The fourth-order valence-corrected chi connectivity index (χ4v) is 7.87. The number of para-hydroxylation sites is 1. The van der Waals surface area contributed by atoms with Crippen molar-refractivity contribution in [2.24, 2.45) is 0 Å². The van der Waals surface area contributed by atoms with Crippen molar-refractivity contribution in [3.05, 3.63) is 152 Å². The van der Waals surface area contributed by atoms with Crippen molar-refractivity contribution in [1.29, 1.82) is 0 Å². The fraction of sp³-hybridized carbons (Fsp3) is 0. The Balaban J connectivity index is 1.24. The molecule has 224 valence electrons. The second kappa shape index (κ2) is 10.7. The molecule has 0 amide bonds. The smallest absolute Gasteiger partial charge is 0.164 e. The van der Waals surface area contributed by atoms with E-state index in [2.05, 4.69) is 133 Å². The predicted molar refractivity (Wildman–Crippen MR) is 199 cm³/mol. The van der Waals surface area contributed by atoms with Gasteiger partial charge >= 0.3 is 0 Å². The number of nitrogens with zero attached hydrogens (tertiary/aromatic N) is 3. The summed E-state index contributed by atoms with van der Waals surface area (Å²) in [5.74, 6) is 1.85. The van der Waals surface area contributed by atoms with Crippen LogP contribution in [0.25, 0.3) is 98.2 Å². The van der Waals surface area contributed by atoms with E-state index in [0.717, 1.165) is 55.1 Å². The van der Waals surface area contributed by atoms with E-state index in [-0.39, 0.29) is 0 Å². The number of hydrogen-bond acceptors (Lipinski definition) is 5. The quantitative estimate of drug-likeness (QED) is 0.194. The van der Waals surface area contributed by atoms with E-state index in [0.29, 0.717) is 17.5 Å². The molecule has 0 fully saturated rings. The van der Waals surface area contributed by atoms with Crippen LogP contribution in [0, 0.1) is 0 Å². The van der Waals surface area contributed by atoms with Crippen LogP contribution in [0.4, 0.5) is 0 Å². The maximum Gasteiger partial charge on any atom is 0.164 e. The van der Waals surface area contributed by atoms with E-state index in [1.165, 1.54) is 25.6 Å². The average molecular weight is 632 g/mol. The zero-order valence-corrected chi connectivity index (χ0v) is 26.4. The summed E-state index contributed by atoms with van der Waals surface area (Å²) in [5.41, 5.74) is 6.59. The molecule has 0 aliphatic rings. The van der Waals surface area contributed by atoms with Gasteiger partial charge in [0.15, 0.2) is 17.5 Å². The molecule has 10 aromatic rings. The number of hydrogen-bond donors (Lipinski definition) is 0. The molecule has 48 heavy (non-hydrogen) atoms. The Morgan fingerprint density at radius 3 is 1.90 bits per heavy atom. The average Bonchev–Trinajstić information content (AvgIpc) is 3.72. The monoisotopic (exact) mass is 631 g/mol. The Labute approximate surface area is 279 Å². The first-order valence-corrected chi connectivity index (χ1v) is 16.7. The predicted octanol–water partition coefficient (Wildman–Crippen LogP) is 12.0. The Morgan fingerprint density at radius 1 is 0.396 bits per heavy atom. The zero-order chi connectivity index (χ0) is 31.6. The molecule has 3 heterocycles. The van der Waals surface area contributed by atoms with Gasteiger partial charge in [0.2, 0.25) is 0 Å². The van der Waals surface area contributed by atoms with Gasteiger partial charge in [0.1, 0.15) is 11.2 Å². The molecule has 0 unspecified atom stereocenters. The Kier molecular flexibility index (Phi) is 6.01. The van der Waals surface area contributed by atoms with Crippen LogP contribution in [0.5, 0.6) is 0 Å². The van der Waals surface area contributed by atoms with E-state index in [1.807, 2.05) is 18.2 Å². The van der Waals surface area contributed by atoms with Gasteiger partial charge < -0.3 is 4.42 Å². The summed E-state index contributed by atoms with van der Waals surface area (Å²) >= 11 is 1.81. The molecule has 0 aliphatic carbocycles. The van der Waals surface area contributed by atoms with Crippen LogP contribution in [0.3, 0.4) is 0 Å². The van der Waals surface area contributed by atoms with Crippen LogP contribution < -0.4 is 0 Å². The van der Waals surface area contributed by atoms with Crippen LogP contribution >= 0.6 is 11.3 Å². The summed E-state index contributed by atoms with van der Waals surface area (Å²) in [6, 6.07) is 52.8. The third-order valence-corrected chi connectivity index (χ3v) is 10.3. The molecule has 0 N–H and O–H groups in total. The van der Waals surface area contributed by atoms with Gasteiger partial charge in [-0.2, -0.15) is 0 Å². The fourth-order valence-electron chi connectivity index (χ4n) is 6.79. The van der Waals surface area contributed by atoms with E-state index in [9.17, 15) is 0 Å². The van der Waals surface area contributed by atoms with Gasteiger partial charge in [-0.05, 0) is 70.4 Å². The molecule has 0 spiro atoms. The van der Waals surface area contributed by atoms with Crippen molar-refractivity contribution in [3.8, 4) is 45.3 Å². The van der Waals surface area contributed by atoms with Gasteiger partial charge in [-0.25, -0.2) is 15.0 Å². The van der Waals surface area contributed by atoms with Crippen LogP contribution in [0.15, 0.2) is 156 Å². The van der Waals surface area contributed by atoms with Gasteiger partial charge in [0, 0.05) is 47.6 Å². The molecule has 3 aromatic heterocycles. The van der Waals surface area contributed by atoms with E-state index < -0.39 is 0 Å². The molecule has 0 radical (unpaired) electrons. The molecular formula is C43H25N3OS. The van der Waals surface area contributed by atoms with E-state index in [4.69, 9.17) is 19.4 Å². The van der Waals surface area contributed by atoms with Crippen LogP contribution in [-0.2, 0) is 0 Å². The number of fused-ring (bicyclic) bond motifs is 7. The van der Waals surface area contributed by atoms with Gasteiger partial charge in [-0.1, -0.05) is 103 Å². The highest BCUT2D eigenvalue weighted by atomic mass is 32.1. The molecule has 0 bridgehead atoms. The lowest BCUT2D eigenvalue weighted by Gasteiger charge is -2.11. The molecular weight excluding hydrogens is 607 g/mol. The Morgan fingerprint density at radius 2 is 1.04 bits per heavy atom. The summed E-state index contributed by atoms with van der Waals surface area (Å²) < 4.78 is 8.98.